The largest absolute Gasteiger partial charge is 0.380 e. The lowest BCUT2D eigenvalue weighted by Gasteiger charge is -2.30. The van der Waals surface area contributed by atoms with Crippen molar-refractivity contribution in [2.75, 3.05) is 20.2 Å². The summed E-state index contributed by atoms with van der Waals surface area (Å²) in [5.41, 5.74) is 0.973. The average Bonchev–Trinajstić information content (AvgIpc) is 2.31. The molecule has 0 aromatic heterocycles. The molecule has 0 saturated carbocycles. The van der Waals surface area contributed by atoms with Crippen LogP contribution in [0.15, 0.2) is 16.6 Å². The van der Waals surface area contributed by atoms with Crippen molar-refractivity contribution >= 4 is 21.8 Å². The van der Waals surface area contributed by atoms with Crippen LogP contribution >= 0.6 is 15.9 Å². The number of carbonyl (C=O) groups is 1. The van der Waals surface area contributed by atoms with Crippen molar-refractivity contribution in [2.45, 2.75) is 19.4 Å². The quantitative estimate of drug-likeness (QED) is 0.858. The Hall–Kier alpha value is -0.940. The first-order chi connectivity index (χ1) is 8.52. The van der Waals surface area contributed by atoms with E-state index >= 15 is 0 Å². The number of ether oxygens (including phenoxy) is 1. The Kier molecular flexibility index (Phi) is 4.02. The van der Waals surface area contributed by atoms with E-state index in [-0.39, 0.29) is 17.6 Å². The van der Waals surface area contributed by atoms with Crippen molar-refractivity contribution in [3.05, 3.63) is 33.5 Å². The highest BCUT2D eigenvalue weighted by Gasteiger charge is 2.28. The van der Waals surface area contributed by atoms with Crippen LogP contribution in [-0.4, -0.2) is 37.1 Å². The van der Waals surface area contributed by atoms with E-state index in [1.54, 1.807) is 12.0 Å². The van der Waals surface area contributed by atoms with E-state index < -0.39 is 5.82 Å². The molecule has 1 amide bonds. The predicted molar refractivity (Wildman–Crippen MR) is 70.2 cm³/mol. The molecule has 1 aromatic carbocycles. The summed E-state index contributed by atoms with van der Waals surface area (Å²) in [6, 6.07) is 3.15. The summed E-state index contributed by atoms with van der Waals surface area (Å²) in [7, 11) is 1.60. The number of rotatable bonds is 3. The summed E-state index contributed by atoms with van der Waals surface area (Å²) in [6.45, 7) is 2.99. The number of halogens is 2. The minimum atomic E-state index is -0.459. The Balaban J connectivity index is 2.28. The fraction of sp³-hybridized carbons (Fsp3) is 0.462. The van der Waals surface area contributed by atoms with Gasteiger partial charge >= 0.3 is 0 Å². The first kappa shape index (κ1) is 13.5. The molecule has 18 heavy (non-hydrogen) atoms. The summed E-state index contributed by atoms with van der Waals surface area (Å²) in [5, 5.41) is 0. The highest BCUT2D eigenvalue weighted by atomic mass is 79.9. The van der Waals surface area contributed by atoms with Crippen LogP contribution in [0.1, 0.15) is 22.8 Å². The summed E-state index contributed by atoms with van der Waals surface area (Å²) in [5.74, 6) is -0.704. The van der Waals surface area contributed by atoms with Crippen LogP contribution in [0.3, 0.4) is 0 Å². The van der Waals surface area contributed by atoms with Crippen LogP contribution in [0, 0.1) is 5.82 Å². The topological polar surface area (TPSA) is 29.5 Å². The lowest BCUT2D eigenvalue weighted by Crippen LogP contribution is -2.42. The van der Waals surface area contributed by atoms with Crippen molar-refractivity contribution in [1.29, 1.82) is 0 Å². The van der Waals surface area contributed by atoms with Gasteiger partial charge in [-0.25, -0.2) is 4.39 Å². The number of benzene rings is 1. The van der Waals surface area contributed by atoms with Crippen LogP contribution < -0.4 is 0 Å². The van der Waals surface area contributed by atoms with Crippen molar-refractivity contribution in [3.8, 4) is 0 Å². The Labute approximate surface area is 114 Å². The number of fused-ring (bicyclic) bond motifs is 1. The third kappa shape index (κ3) is 2.57. The Bertz CT molecular complexity index is 478. The van der Waals surface area contributed by atoms with Gasteiger partial charge in [-0.2, -0.15) is 0 Å². The molecule has 0 aliphatic carbocycles. The molecule has 1 aliphatic heterocycles. The van der Waals surface area contributed by atoms with Gasteiger partial charge in [-0.1, -0.05) is 15.9 Å². The smallest absolute Gasteiger partial charge is 0.257 e. The van der Waals surface area contributed by atoms with E-state index in [0.29, 0.717) is 24.0 Å². The van der Waals surface area contributed by atoms with Gasteiger partial charge in [0.15, 0.2) is 0 Å². The second kappa shape index (κ2) is 5.36. The van der Waals surface area contributed by atoms with Gasteiger partial charge in [0.05, 0.1) is 11.7 Å². The zero-order chi connectivity index (χ0) is 13.3. The zero-order valence-corrected chi connectivity index (χ0v) is 12.0. The van der Waals surface area contributed by atoms with Crippen LogP contribution in [0.2, 0.25) is 0 Å². The molecule has 1 unspecified atom stereocenters. The molecule has 98 valence electrons. The maximum Gasteiger partial charge on any atom is 0.257 e. The maximum atomic E-state index is 13.9. The van der Waals surface area contributed by atoms with Crippen LogP contribution in [0.25, 0.3) is 0 Å². The second-order valence-electron chi connectivity index (χ2n) is 4.47. The highest BCUT2D eigenvalue weighted by molar-refractivity contribution is 9.10. The number of amides is 1. The molecule has 0 spiro atoms. The zero-order valence-electron chi connectivity index (χ0n) is 10.4. The number of hydrogen-bond acceptors (Lipinski definition) is 2. The van der Waals surface area contributed by atoms with E-state index in [9.17, 15) is 9.18 Å². The Morgan fingerprint density at radius 3 is 2.94 bits per heavy atom. The van der Waals surface area contributed by atoms with Crippen LogP contribution in [0.4, 0.5) is 4.39 Å². The summed E-state index contributed by atoms with van der Waals surface area (Å²) >= 11 is 3.24. The average molecular weight is 316 g/mol. The van der Waals surface area contributed by atoms with Crippen molar-refractivity contribution in [2.24, 2.45) is 0 Å². The standard InChI is InChI=1S/C13H15BrFNO2/c1-8(18-2)7-16-4-3-9-5-10(14)6-11(15)12(9)13(16)17/h5-6,8H,3-4,7H2,1-2H3. The monoisotopic (exact) mass is 315 g/mol. The minimum Gasteiger partial charge on any atom is -0.380 e. The molecule has 0 saturated heterocycles. The third-order valence-electron chi connectivity index (χ3n) is 3.17. The van der Waals surface area contributed by atoms with E-state index in [4.69, 9.17) is 4.74 Å². The first-order valence-electron chi connectivity index (χ1n) is 5.83. The fourth-order valence-corrected chi connectivity index (χ4v) is 2.62. The first-order valence-corrected chi connectivity index (χ1v) is 6.62. The van der Waals surface area contributed by atoms with Gasteiger partial charge < -0.3 is 9.64 Å². The maximum absolute atomic E-state index is 13.9. The molecule has 1 heterocycles. The second-order valence-corrected chi connectivity index (χ2v) is 5.38. The van der Waals surface area contributed by atoms with Gasteiger partial charge in [-0.15, -0.1) is 0 Å². The van der Waals surface area contributed by atoms with Crippen LogP contribution in [-0.2, 0) is 11.2 Å². The highest BCUT2D eigenvalue weighted by Crippen LogP contribution is 2.26. The number of carbonyl (C=O) groups excluding carboxylic acids is 1. The molecule has 3 nitrogen and oxygen atoms in total. The molecule has 0 radical (unpaired) electrons. The Morgan fingerprint density at radius 2 is 2.28 bits per heavy atom. The summed E-state index contributed by atoms with van der Waals surface area (Å²) in [6.07, 6.45) is 0.627. The summed E-state index contributed by atoms with van der Waals surface area (Å²) in [4.78, 5) is 13.9. The molecule has 5 heteroatoms. The van der Waals surface area contributed by atoms with Gasteiger partial charge in [-0.3, -0.25) is 4.79 Å². The number of methoxy groups -OCH3 is 1. The molecule has 2 rings (SSSR count). The Morgan fingerprint density at radius 1 is 1.56 bits per heavy atom. The lowest BCUT2D eigenvalue weighted by molar-refractivity contribution is 0.0518. The molecule has 0 N–H and O–H groups in total. The fourth-order valence-electron chi connectivity index (χ4n) is 2.14. The summed E-state index contributed by atoms with van der Waals surface area (Å²) < 4.78 is 19.7. The molecular weight excluding hydrogens is 301 g/mol. The predicted octanol–water partition coefficient (Wildman–Crippen LogP) is 2.62. The molecule has 0 bridgehead atoms. The van der Waals surface area contributed by atoms with E-state index in [0.717, 1.165) is 5.56 Å². The lowest BCUT2D eigenvalue weighted by atomic mass is 9.98. The van der Waals surface area contributed by atoms with Gasteiger partial charge in [0.1, 0.15) is 5.82 Å². The normalized spacial score (nSPS) is 16.7. The van der Waals surface area contributed by atoms with Crippen molar-refractivity contribution < 1.29 is 13.9 Å². The number of nitrogens with zero attached hydrogens (tertiary/aromatic N) is 1. The van der Waals surface area contributed by atoms with Gasteiger partial charge in [0.25, 0.3) is 5.91 Å². The SMILES string of the molecule is COC(C)CN1CCc2cc(Br)cc(F)c2C1=O. The van der Waals surface area contributed by atoms with Gasteiger partial charge in [0.2, 0.25) is 0 Å². The molecular formula is C13H15BrFNO2. The van der Waals surface area contributed by atoms with Gasteiger partial charge in [0, 0.05) is 24.7 Å². The van der Waals surface area contributed by atoms with Crippen molar-refractivity contribution in [3.63, 3.8) is 0 Å². The van der Waals surface area contributed by atoms with E-state index in [1.807, 2.05) is 13.0 Å². The van der Waals surface area contributed by atoms with E-state index in [1.165, 1.54) is 6.07 Å². The van der Waals surface area contributed by atoms with Gasteiger partial charge in [-0.05, 0) is 31.0 Å². The van der Waals surface area contributed by atoms with Crippen molar-refractivity contribution in [1.82, 2.24) is 4.90 Å². The van der Waals surface area contributed by atoms with E-state index in [2.05, 4.69) is 15.9 Å². The van der Waals surface area contributed by atoms with Crippen LogP contribution in [0.5, 0.6) is 0 Å². The number of hydrogen-bond donors (Lipinski definition) is 0. The third-order valence-corrected chi connectivity index (χ3v) is 3.63. The molecule has 1 aliphatic rings. The molecule has 1 aromatic rings. The minimum absolute atomic E-state index is 0.0472. The molecule has 0 fully saturated rings. The molecule has 1 atom stereocenters.